The van der Waals surface area contributed by atoms with Crippen LogP contribution in [0.25, 0.3) is 0 Å². The third kappa shape index (κ3) is 4.32. The van der Waals surface area contributed by atoms with Gasteiger partial charge in [0.05, 0.1) is 6.61 Å². The highest BCUT2D eigenvalue weighted by atomic mass is 16.6. The minimum Gasteiger partial charge on any atom is -0.494 e. The SMILES string of the molecule is CCOc1ccc(OC(=O)N(C)CCN)cc1. The Hall–Kier alpha value is -1.75. The minimum absolute atomic E-state index is 0.412. The van der Waals surface area contributed by atoms with E-state index in [2.05, 4.69) is 0 Å². The number of nitrogens with two attached hydrogens (primary N) is 1. The highest BCUT2D eigenvalue weighted by Crippen LogP contribution is 2.17. The number of hydrogen-bond donors (Lipinski definition) is 1. The van der Waals surface area contributed by atoms with Crippen LogP contribution in [0.15, 0.2) is 24.3 Å². The zero-order valence-electron chi connectivity index (χ0n) is 10.2. The second-order valence-electron chi connectivity index (χ2n) is 3.48. The van der Waals surface area contributed by atoms with Crippen molar-refractivity contribution in [1.29, 1.82) is 0 Å². The maximum atomic E-state index is 11.5. The quantitative estimate of drug-likeness (QED) is 0.843. The molecule has 1 aromatic carbocycles. The second-order valence-corrected chi connectivity index (χ2v) is 3.48. The fraction of sp³-hybridized carbons (Fsp3) is 0.417. The Morgan fingerprint density at radius 3 is 2.41 bits per heavy atom. The monoisotopic (exact) mass is 238 g/mol. The normalized spacial score (nSPS) is 9.82. The van der Waals surface area contributed by atoms with Crippen molar-refractivity contribution in [3.8, 4) is 11.5 Å². The van der Waals surface area contributed by atoms with Crippen molar-refractivity contribution in [3.05, 3.63) is 24.3 Å². The number of ether oxygens (including phenoxy) is 2. The Morgan fingerprint density at radius 1 is 1.29 bits per heavy atom. The van der Waals surface area contributed by atoms with Gasteiger partial charge in [-0.3, -0.25) is 0 Å². The summed E-state index contributed by atoms with van der Waals surface area (Å²) in [5, 5.41) is 0. The topological polar surface area (TPSA) is 64.8 Å². The molecule has 5 nitrogen and oxygen atoms in total. The summed E-state index contributed by atoms with van der Waals surface area (Å²) >= 11 is 0. The van der Waals surface area contributed by atoms with Gasteiger partial charge < -0.3 is 20.1 Å². The van der Waals surface area contributed by atoms with E-state index in [-0.39, 0.29) is 0 Å². The van der Waals surface area contributed by atoms with Crippen molar-refractivity contribution >= 4 is 6.09 Å². The lowest BCUT2D eigenvalue weighted by molar-refractivity contribution is 0.164. The van der Waals surface area contributed by atoms with Gasteiger partial charge in [-0.05, 0) is 31.2 Å². The number of nitrogens with zero attached hydrogens (tertiary/aromatic N) is 1. The Balaban J connectivity index is 2.53. The fourth-order valence-corrected chi connectivity index (χ4v) is 1.23. The molecule has 0 unspecified atom stereocenters. The molecule has 1 rings (SSSR count). The Labute approximate surface area is 101 Å². The van der Waals surface area contributed by atoms with Crippen LogP contribution in [0.1, 0.15) is 6.92 Å². The Kier molecular flexibility index (Phi) is 5.29. The number of likely N-dealkylation sites (N-methyl/N-ethyl adjacent to an activating group) is 1. The molecule has 0 saturated carbocycles. The van der Waals surface area contributed by atoms with Crippen molar-refractivity contribution in [3.63, 3.8) is 0 Å². The summed E-state index contributed by atoms with van der Waals surface area (Å²) in [4.78, 5) is 13.0. The van der Waals surface area contributed by atoms with Crippen LogP contribution in [0, 0.1) is 0 Å². The zero-order chi connectivity index (χ0) is 12.7. The van der Waals surface area contributed by atoms with Crippen LogP contribution in [0.5, 0.6) is 11.5 Å². The van der Waals surface area contributed by atoms with Gasteiger partial charge in [-0.2, -0.15) is 0 Å². The van der Waals surface area contributed by atoms with E-state index in [0.717, 1.165) is 5.75 Å². The summed E-state index contributed by atoms with van der Waals surface area (Å²) in [6.45, 7) is 3.40. The number of amides is 1. The summed E-state index contributed by atoms with van der Waals surface area (Å²) in [7, 11) is 1.64. The van der Waals surface area contributed by atoms with Crippen LogP contribution in [-0.2, 0) is 0 Å². The second kappa shape index (κ2) is 6.75. The number of carbonyl (C=O) groups excluding carboxylic acids is 1. The van der Waals surface area contributed by atoms with Crippen LogP contribution in [0.4, 0.5) is 4.79 Å². The van der Waals surface area contributed by atoms with Gasteiger partial charge in [0.25, 0.3) is 0 Å². The van der Waals surface area contributed by atoms with E-state index >= 15 is 0 Å². The summed E-state index contributed by atoms with van der Waals surface area (Å²) in [6.07, 6.45) is -0.417. The molecule has 0 aromatic heterocycles. The van der Waals surface area contributed by atoms with Crippen LogP contribution < -0.4 is 15.2 Å². The molecule has 2 N–H and O–H groups in total. The fourth-order valence-electron chi connectivity index (χ4n) is 1.23. The maximum Gasteiger partial charge on any atom is 0.415 e. The molecule has 0 aliphatic carbocycles. The predicted molar refractivity (Wildman–Crippen MR) is 65.3 cm³/mol. The van der Waals surface area contributed by atoms with Gasteiger partial charge in [-0.25, -0.2) is 4.79 Å². The van der Waals surface area contributed by atoms with Crippen molar-refractivity contribution in [1.82, 2.24) is 4.90 Å². The third-order valence-electron chi connectivity index (χ3n) is 2.12. The number of carbonyl (C=O) groups is 1. The molecule has 0 bridgehead atoms. The number of benzene rings is 1. The van der Waals surface area contributed by atoms with Crippen molar-refractivity contribution < 1.29 is 14.3 Å². The van der Waals surface area contributed by atoms with Crippen molar-refractivity contribution in [2.24, 2.45) is 5.73 Å². The molecule has 0 aliphatic rings. The number of hydrogen-bond acceptors (Lipinski definition) is 4. The van der Waals surface area contributed by atoms with E-state index in [9.17, 15) is 4.79 Å². The highest BCUT2D eigenvalue weighted by Gasteiger charge is 2.09. The van der Waals surface area contributed by atoms with E-state index in [1.807, 2.05) is 6.92 Å². The smallest absolute Gasteiger partial charge is 0.415 e. The molecule has 94 valence electrons. The lowest BCUT2D eigenvalue weighted by Gasteiger charge is -2.15. The standard InChI is InChI=1S/C12H18N2O3/c1-3-16-10-4-6-11(7-5-10)17-12(15)14(2)9-8-13/h4-7H,3,8-9,13H2,1-2H3. The predicted octanol–water partition coefficient (Wildman–Crippen LogP) is 1.47. The molecular weight excluding hydrogens is 220 g/mol. The minimum atomic E-state index is -0.417. The molecule has 0 spiro atoms. The third-order valence-corrected chi connectivity index (χ3v) is 2.12. The van der Waals surface area contributed by atoms with E-state index < -0.39 is 6.09 Å². The van der Waals surface area contributed by atoms with Crippen LogP contribution in [0.3, 0.4) is 0 Å². The van der Waals surface area contributed by atoms with Crippen LogP contribution in [0.2, 0.25) is 0 Å². The van der Waals surface area contributed by atoms with Gasteiger partial charge in [0, 0.05) is 20.1 Å². The first-order valence-corrected chi connectivity index (χ1v) is 5.53. The molecule has 17 heavy (non-hydrogen) atoms. The van der Waals surface area contributed by atoms with Gasteiger partial charge in [-0.1, -0.05) is 0 Å². The molecule has 1 amide bonds. The zero-order valence-corrected chi connectivity index (χ0v) is 10.2. The number of rotatable bonds is 5. The Bertz CT molecular complexity index is 351. The van der Waals surface area contributed by atoms with Crippen molar-refractivity contribution in [2.75, 3.05) is 26.7 Å². The van der Waals surface area contributed by atoms with Gasteiger partial charge >= 0.3 is 6.09 Å². The van der Waals surface area contributed by atoms with E-state index in [0.29, 0.717) is 25.4 Å². The highest BCUT2D eigenvalue weighted by molar-refractivity contribution is 5.70. The average Bonchev–Trinajstić information content (AvgIpc) is 2.32. The first kappa shape index (κ1) is 13.3. The molecule has 0 aliphatic heterocycles. The molecule has 0 radical (unpaired) electrons. The molecule has 1 aromatic rings. The lowest BCUT2D eigenvalue weighted by atomic mass is 10.3. The van der Waals surface area contributed by atoms with Crippen LogP contribution >= 0.6 is 0 Å². The molecule has 0 fully saturated rings. The maximum absolute atomic E-state index is 11.5. The summed E-state index contributed by atoms with van der Waals surface area (Å²) < 4.78 is 10.4. The van der Waals surface area contributed by atoms with Gasteiger partial charge in [0.1, 0.15) is 11.5 Å². The van der Waals surface area contributed by atoms with Gasteiger partial charge in [0.2, 0.25) is 0 Å². The molecular formula is C12H18N2O3. The lowest BCUT2D eigenvalue weighted by Crippen LogP contribution is -2.33. The van der Waals surface area contributed by atoms with E-state index in [1.165, 1.54) is 4.90 Å². The first-order valence-electron chi connectivity index (χ1n) is 5.53. The van der Waals surface area contributed by atoms with Crippen molar-refractivity contribution in [2.45, 2.75) is 6.92 Å². The summed E-state index contributed by atoms with van der Waals surface area (Å²) in [5.74, 6) is 1.24. The molecule has 0 atom stereocenters. The van der Waals surface area contributed by atoms with Gasteiger partial charge in [0.15, 0.2) is 0 Å². The van der Waals surface area contributed by atoms with E-state index in [4.69, 9.17) is 15.2 Å². The first-order chi connectivity index (χ1) is 8.17. The molecule has 5 heteroatoms. The molecule has 0 heterocycles. The van der Waals surface area contributed by atoms with Gasteiger partial charge in [-0.15, -0.1) is 0 Å². The summed E-state index contributed by atoms with van der Waals surface area (Å²) in [5.41, 5.74) is 5.35. The largest absolute Gasteiger partial charge is 0.494 e. The van der Waals surface area contributed by atoms with Crippen LogP contribution in [-0.4, -0.2) is 37.7 Å². The summed E-state index contributed by atoms with van der Waals surface area (Å²) in [6, 6.07) is 6.91. The Morgan fingerprint density at radius 2 is 1.88 bits per heavy atom. The van der Waals surface area contributed by atoms with E-state index in [1.54, 1.807) is 31.3 Å². The average molecular weight is 238 g/mol. The molecule has 0 saturated heterocycles.